The number of benzene rings is 2. The number of carbonyl (C=O) groups is 1. The van der Waals surface area contributed by atoms with Crippen LogP contribution >= 0.6 is 23.2 Å². The number of hydrogen-bond donors (Lipinski definition) is 1. The first-order valence-corrected chi connectivity index (χ1v) is 10.4. The number of anilines is 2. The van der Waals surface area contributed by atoms with Crippen molar-refractivity contribution < 1.29 is 22.7 Å². The lowest BCUT2D eigenvalue weighted by Crippen LogP contribution is -2.48. The SMILES string of the molecule is COc1ccc(Cl)cc1NC(=O)[C@H]1CN(S(C)(=O)=O)c2cc(Cl)ccc2O1. The average molecular weight is 431 g/mol. The van der Waals surface area contributed by atoms with Gasteiger partial charge < -0.3 is 14.8 Å². The third-order valence-corrected chi connectivity index (χ3v) is 5.52. The lowest BCUT2D eigenvalue weighted by Gasteiger charge is -2.34. The van der Waals surface area contributed by atoms with Crippen molar-refractivity contribution in [3.8, 4) is 11.5 Å². The van der Waals surface area contributed by atoms with E-state index in [-0.39, 0.29) is 18.0 Å². The molecule has 1 aliphatic rings. The Morgan fingerprint density at radius 3 is 2.56 bits per heavy atom. The second-order valence-corrected chi connectivity index (χ2v) is 8.63. The van der Waals surface area contributed by atoms with Gasteiger partial charge in [-0.05, 0) is 36.4 Å². The number of ether oxygens (including phenoxy) is 2. The zero-order chi connectivity index (χ0) is 19.8. The lowest BCUT2D eigenvalue weighted by atomic mass is 10.2. The van der Waals surface area contributed by atoms with Gasteiger partial charge in [0.05, 0.1) is 31.3 Å². The van der Waals surface area contributed by atoms with Crippen molar-refractivity contribution in [3.63, 3.8) is 0 Å². The molecule has 27 heavy (non-hydrogen) atoms. The quantitative estimate of drug-likeness (QED) is 0.804. The number of halogens is 2. The zero-order valence-electron chi connectivity index (χ0n) is 14.4. The van der Waals surface area contributed by atoms with E-state index < -0.39 is 22.0 Å². The number of methoxy groups -OCH3 is 1. The maximum atomic E-state index is 12.7. The smallest absolute Gasteiger partial charge is 0.267 e. The summed E-state index contributed by atoms with van der Waals surface area (Å²) in [6.45, 7) is -0.194. The lowest BCUT2D eigenvalue weighted by molar-refractivity contribution is -0.122. The number of rotatable bonds is 4. The summed E-state index contributed by atoms with van der Waals surface area (Å²) in [6.07, 6.45) is -0.0186. The maximum Gasteiger partial charge on any atom is 0.267 e. The number of sulfonamides is 1. The van der Waals surface area contributed by atoms with E-state index >= 15 is 0 Å². The molecule has 0 aliphatic carbocycles. The molecule has 1 atom stereocenters. The minimum atomic E-state index is -3.65. The van der Waals surface area contributed by atoms with Crippen molar-refractivity contribution in [2.24, 2.45) is 0 Å². The number of nitrogens with zero attached hydrogens (tertiary/aromatic N) is 1. The first kappa shape index (κ1) is 19.6. The summed E-state index contributed by atoms with van der Waals surface area (Å²) in [4.78, 5) is 12.7. The minimum Gasteiger partial charge on any atom is -0.495 e. The fraction of sp³-hybridized carbons (Fsp3) is 0.235. The van der Waals surface area contributed by atoms with E-state index in [1.807, 2.05) is 0 Å². The highest BCUT2D eigenvalue weighted by molar-refractivity contribution is 7.92. The van der Waals surface area contributed by atoms with Crippen LogP contribution in [0.4, 0.5) is 11.4 Å². The van der Waals surface area contributed by atoms with Gasteiger partial charge in [-0.15, -0.1) is 0 Å². The minimum absolute atomic E-state index is 0.194. The van der Waals surface area contributed by atoms with Gasteiger partial charge in [0.1, 0.15) is 11.5 Å². The number of nitrogens with one attached hydrogen (secondary N) is 1. The van der Waals surface area contributed by atoms with Crippen LogP contribution < -0.4 is 19.1 Å². The van der Waals surface area contributed by atoms with E-state index in [4.69, 9.17) is 32.7 Å². The van der Waals surface area contributed by atoms with Crippen molar-refractivity contribution in [1.29, 1.82) is 0 Å². The summed E-state index contributed by atoms with van der Waals surface area (Å²) >= 11 is 11.9. The Hall–Kier alpha value is -2.16. The van der Waals surface area contributed by atoms with Crippen molar-refractivity contribution >= 4 is 50.5 Å². The molecule has 1 aliphatic heterocycles. The highest BCUT2D eigenvalue weighted by Gasteiger charge is 2.35. The third-order valence-electron chi connectivity index (χ3n) is 3.90. The average Bonchev–Trinajstić information content (AvgIpc) is 2.60. The molecule has 1 N–H and O–H groups in total. The van der Waals surface area contributed by atoms with Gasteiger partial charge >= 0.3 is 0 Å². The standard InChI is InChI=1S/C17H16Cl2N2O5S/c1-25-14-5-3-10(18)7-12(14)20-17(22)16-9-21(27(2,23)24)13-8-11(19)4-6-15(13)26-16/h3-8,16H,9H2,1-2H3,(H,20,22)/t16-/m1/s1. The number of fused-ring (bicyclic) bond motifs is 1. The van der Waals surface area contributed by atoms with Crippen molar-refractivity contribution in [1.82, 2.24) is 0 Å². The topological polar surface area (TPSA) is 84.9 Å². The van der Waals surface area contributed by atoms with Crippen LogP contribution in [0.15, 0.2) is 36.4 Å². The normalized spacial score (nSPS) is 16.3. The van der Waals surface area contributed by atoms with Crippen LogP contribution in [0.3, 0.4) is 0 Å². The van der Waals surface area contributed by atoms with Crippen LogP contribution in [-0.2, 0) is 14.8 Å². The molecule has 1 amide bonds. The second-order valence-electron chi connectivity index (χ2n) is 5.85. The van der Waals surface area contributed by atoms with Gasteiger partial charge in [0.2, 0.25) is 10.0 Å². The van der Waals surface area contributed by atoms with Crippen molar-refractivity contribution in [3.05, 3.63) is 46.4 Å². The Kier molecular flexibility index (Phi) is 5.41. The van der Waals surface area contributed by atoms with Gasteiger partial charge in [-0.2, -0.15) is 0 Å². The van der Waals surface area contributed by atoms with E-state index in [0.717, 1.165) is 10.6 Å². The highest BCUT2D eigenvalue weighted by Crippen LogP contribution is 2.37. The molecule has 144 valence electrons. The molecule has 0 bridgehead atoms. The van der Waals surface area contributed by atoms with Crippen LogP contribution in [-0.4, -0.2) is 40.3 Å². The van der Waals surface area contributed by atoms with E-state index in [1.165, 1.54) is 25.3 Å². The Bertz CT molecular complexity index is 997. The molecule has 0 unspecified atom stereocenters. The Morgan fingerprint density at radius 1 is 1.22 bits per heavy atom. The summed E-state index contributed by atoms with van der Waals surface area (Å²) in [5.74, 6) is 0.120. The maximum absolute atomic E-state index is 12.7. The molecule has 1 heterocycles. The molecule has 0 fully saturated rings. The van der Waals surface area contributed by atoms with Gasteiger partial charge in [0.25, 0.3) is 5.91 Å². The number of carbonyl (C=O) groups excluding carboxylic acids is 1. The molecule has 10 heteroatoms. The van der Waals surface area contributed by atoms with Gasteiger partial charge in [0, 0.05) is 10.0 Å². The summed E-state index contributed by atoms with van der Waals surface area (Å²) in [6, 6.07) is 9.32. The van der Waals surface area contributed by atoms with Crippen LogP contribution in [0.1, 0.15) is 0 Å². The van der Waals surface area contributed by atoms with E-state index in [9.17, 15) is 13.2 Å². The molecule has 0 radical (unpaired) electrons. The van der Waals surface area contributed by atoms with E-state index in [1.54, 1.807) is 18.2 Å². The molecule has 0 spiro atoms. The van der Waals surface area contributed by atoms with Crippen LogP contribution in [0.2, 0.25) is 10.0 Å². The Balaban J connectivity index is 1.91. The molecule has 0 saturated carbocycles. The van der Waals surface area contributed by atoms with Crippen LogP contribution in [0, 0.1) is 0 Å². The van der Waals surface area contributed by atoms with E-state index in [2.05, 4.69) is 5.32 Å². The second kappa shape index (κ2) is 7.46. The monoisotopic (exact) mass is 430 g/mol. The first-order valence-electron chi connectivity index (χ1n) is 7.77. The third kappa shape index (κ3) is 4.23. The fourth-order valence-electron chi connectivity index (χ4n) is 2.67. The number of hydrogen-bond acceptors (Lipinski definition) is 5. The summed E-state index contributed by atoms with van der Waals surface area (Å²) in [5.41, 5.74) is 0.640. The first-order chi connectivity index (χ1) is 12.7. The highest BCUT2D eigenvalue weighted by atomic mass is 35.5. The summed E-state index contributed by atoms with van der Waals surface area (Å²) in [7, 11) is -2.19. The van der Waals surface area contributed by atoms with E-state index in [0.29, 0.717) is 21.5 Å². The van der Waals surface area contributed by atoms with Crippen molar-refractivity contribution in [2.75, 3.05) is 29.5 Å². The molecular weight excluding hydrogens is 415 g/mol. The predicted octanol–water partition coefficient (Wildman–Crippen LogP) is 3.17. The summed E-state index contributed by atoms with van der Waals surface area (Å²) < 4.78 is 36.4. The van der Waals surface area contributed by atoms with Crippen LogP contribution in [0.25, 0.3) is 0 Å². The molecule has 7 nitrogen and oxygen atoms in total. The molecular formula is C17H16Cl2N2O5S. The number of amides is 1. The Labute approximate surface area is 166 Å². The molecule has 0 aromatic heterocycles. The van der Waals surface area contributed by atoms with Gasteiger partial charge in [0.15, 0.2) is 6.10 Å². The summed E-state index contributed by atoms with van der Waals surface area (Å²) in [5, 5.41) is 3.43. The zero-order valence-corrected chi connectivity index (χ0v) is 16.7. The van der Waals surface area contributed by atoms with Crippen LogP contribution in [0.5, 0.6) is 11.5 Å². The Morgan fingerprint density at radius 2 is 1.89 bits per heavy atom. The van der Waals surface area contributed by atoms with Crippen molar-refractivity contribution in [2.45, 2.75) is 6.10 Å². The fourth-order valence-corrected chi connectivity index (χ4v) is 3.91. The predicted molar refractivity (Wildman–Crippen MR) is 105 cm³/mol. The largest absolute Gasteiger partial charge is 0.495 e. The van der Waals surface area contributed by atoms with Gasteiger partial charge in [-0.3, -0.25) is 9.10 Å². The molecule has 3 rings (SSSR count). The molecule has 2 aromatic rings. The van der Waals surface area contributed by atoms with Gasteiger partial charge in [-0.25, -0.2) is 8.42 Å². The van der Waals surface area contributed by atoms with Gasteiger partial charge in [-0.1, -0.05) is 23.2 Å². The molecule has 2 aromatic carbocycles. The molecule has 0 saturated heterocycles.